The summed E-state index contributed by atoms with van der Waals surface area (Å²) in [7, 11) is 1.48. The minimum absolute atomic E-state index is 0.0341. The summed E-state index contributed by atoms with van der Waals surface area (Å²) in [4.78, 5) is 11.4. The van der Waals surface area contributed by atoms with E-state index in [1.165, 1.54) is 23.8 Å². The Morgan fingerprint density at radius 1 is 1.44 bits per heavy atom. The van der Waals surface area contributed by atoms with Gasteiger partial charge in [-0.25, -0.2) is 0 Å². The Kier molecular flexibility index (Phi) is 3.74. The molecule has 0 aromatic heterocycles. The monoisotopic (exact) mass is 246 g/mol. The summed E-state index contributed by atoms with van der Waals surface area (Å²) < 4.78 is 4.80. The Morgan fingerprint density at radius 2 is 2.17 bits per heavy atom. The molecule has 3 atom stereocenters. The maximum Gasteiger partial charge on any atom is 0.308 e. The predicted octanol–water partition coefficient (Wildman–Crippen LogP) is 3.61. The van der Waals surface area contributed by atoms with Crippen LogP contribution >= 0.6 is 0 Å². The summed E-state index contributed by atoms with van der Waals surface area (Å²) in [5.74, 6) is 1.16. The van der Waals surface area contributed by atoms with Crippen molar-refractivity contribution >= 4 is 5.97 Å². The normalized spacial score (nSPS) is 23.6. The molecule has 1 aromatic carbocycles. The Balaban J connectivity index is 1.99. The van der Waals surface area contributed by atoms with Crippen LogP contribution < -0.4 is 0 Å². The van der Waals surface area contributed by atoms with Crippen LogP contribution in [0.1, 0.15) is 42.4 Å². The molecule has 0 bridgehead atoms. The van der Waals surface area contributed by atoms with Gasteiger partial charge < -0.3 is 4.74 Å². The Bertz CT molecular complexity index is 450. The molecule has 0 saturated heterocycles. The summed E-state index contributed by atoms with van der Waals surface area (Å²) in [6.07, 6.45) is 2.09. The first-order chi connectivity index (χ1) is 8.52. The van der Waals surface area contributed by atoms with E-state index in [1.54, 1.807) is 0 Å². The van der Waals surface area contributed by atoms with Crippen LogP contribution in [0.2, 0.25) is 0 Å². The van der Waals surface area contributed by atoms with Crippen LogP contribution in [-0.2, 0) is 9.53 Å². The first-order valence-corrected chi connectivity index (χ1v) is 6.68. The number of aryl methyl sites for hydroxylation is 2. The topological polar surface area (TPSA) is 26.3 Å². The second-order valence-corrected chi connectivity index (χ2v) is 5.62. The first kappa shape index (κ1) is 13.1. The highest BCUT2D eigenvalue weighted by Crippen LogP contribution is 2.46. The van der Waals surface area contributed by atoms with Crippen molar-refractivity contribution in [3.63, 3.8) is 0 Å². The Hall–Kier alpha value is -1.31. The number of ether oxygens (including phenoxy) is 1. The maximum atomic E-state index is 11.4. The molecular formula is C16H22O2. The molecule has 2 heteroatoms. The number of benzene rings is 1. The van der Waals surface area contributed by atoms with Crippen LogP contribution in [-0.4, -0.2) is 13.1 Å². The quantitative estimate of drug-likeness (QED) is 0.759. The zero-order chi connectivity index (χ0) is 13.3. The van der Waals surface area contributed by atoms with Crippen molar-refractivity contribution in [3.05, 3.63) is 34.9 Å². The summed E-state index contributed by atoms with van der Waals surface area (Å²) >= 11 is 0. The fourth-order valence-electron chi connectivity index (χ4n) is 2.82. The summed E-state index contributed by atoms with van der Waals surface area (Å²) in [6, 6.07) is 6.61. The first-order valence-electron chi connectivity index (χ1n) is 6.68. The van der Waals surface area contributed by atoms with Crippen molar-refractivity contribution in [2.75, 3.05) is 7.11 Å². The molecule has 98 valence electrons. The van der Waals surface area contributed by atoms with Gasteiger partial charge in [0.2, 0.25) is 0 Å². The molecule has 0 N–H and O–H groups in total. The van der Waals surface area contributed by atoms with Gasteiger partial charge in [-0.1, -0.05) is 30.7 Å². The fraction of sp³-hybridized carbons (Fsp3) is 0.562. The van der Waals surface area contributed by atoms with Gasteiger partial charge in [-0.3, -0.25) is 4.79 Å². The zero-order valence-corrected chi connectivity index (χ0v) is 11.7. The number of carbonyl (C=O) groups excluding carboxylic acids is 1. The average Bonchev–Trinajstić information content (AvgIpc) is 3.10. The van der Waals surface area contributed by atoms with Gasteiger partial charge >= 0.3 is 5.97 Å². The number of rotatable bonds is 4. The standard InChI is InChI=1S/C16H22O2/c1-10-5-6-11(2)14(7-10)12(3)8-13-9-15(13)16(17)18-4/h5-7,12-13,15H,8-9H2,1-4H3. The average molecular weight is 246 g/mol. The molecule has 18 heavy (non-hydrogen) atoms. The number of carbonyl (C=O) groups is 1. The molecule has 1 aliphatic rings. The number of methoxy groups -OCH3 is 1. The van der Waals surface area contributed by atoms with Crippen LogP contribution in [0.25, 0.3) is 0 Å². The third kappa shape index (κ3) is 2.74. The molecule has 0 radical (unpaired) electrons. The number of hydrogen-bond donors (Lipinski definition) is 0. The zero-order valence-electron chi connectivity index (χ0n) is 11.7. The molecular weight excluding hydrogens is 224 g/mol. The molecule has 1 aliphatic carbocycles. The fourth-order valence-corrected chi connectivity index (χ4v) is 2.82. The second-order valence-electron chi connectivity index (χ2n) is 5.62. The van der Waals surface area contributed by atoms with Crippen molar-refractivity contribution < 1.29 is 9.53 Å². The molecule has 2 rings (SSSR count). The van der Waals surface area contributed by atoms with Gasteiger partial charge in [-0.05, 0) is 49.7 Å². The van der Waals surface area contributed by atoms with Gasteiger partial charge in [0.25, 0.3) is 0 Å². The van der Waals surface area contributed by atoms with Gasteiger partial charge in [-0.15, -0.1) is 0 Å². The van der Waals surface area contributed by atoms with Crippen molar-refractivity contribution in [1.29, 1.82) is 0 Å². The highest BCUT2D eigenvalue weighted by atomic mass is 16.5. The molecule has 1 saturated carbocycles. The molecule has 0 spiro atoms. The van der Waals surface area contributed by atoms with E-state index >= 15 is 0 Å². The van der Waals surface area contributed by atoms with E-state index in [0.717, 1.165) is 12.8 Å². The second kappa shape index (κ2) is 5.13. The van der Waals surface area contributed by atoms with E-state index in [4.69, 9.17) is 4.74 Å². The minimum Gasteiger partial charge on any atom is -0.469 e. The molecule has 2 nitrogen and oxygen atoms in total. The van der Waals surface area contributed by atoms with E-state index in [1.807, 2.05) is 0 Å². The van der Waals surface area contributed by atoms with E-state index < -0.39 is 0 Å². The van der Waals surface area contributed by atoms with Crippen molar-refractivity contribution in [2.45, 2.75) is 39.5 Å². The molecule has 3 unspecified atom stereocenters. The smallest absolute Gasteiger partial charge is 0.308 e. The summed E-state index contributed by atoms with van der Waals surface area (Å²) in [6.45, 7) is 6.55. The van der Waals surface area contributed by atoms with E-state index in [0.29, 0.717) is 11.8 Å². The van der Waals surface area contributed by atoms with Gasteiger partial charge in [0.15, 0.2) is 0 Å². The van der Waals surface area contributed by atoms with Gasteiger partial charge in [0, 0.05) is 0 Å². The highest BCUT2D eigenvalue weighted by Gasteiger charge is 2.44. The molecule has 0 aliphatic heterocycles. The lowest BCUT2D eigenvalue weighted by Gasteiger charge is -2.15. The third-order valence-corrected chi connectivity index (χ3v) is 4.05. The van der Waals surface area contributed by atoms with Gasteiger partial charge in [-0.2, -0.15) is 0 Å². The minimum atomic E-state index is -0.0341. The SMILES string of the molecule is COC(=O)C1CC1CC(C)c1cc(C)ccc1C. The van der Waals surface area contributed by atoms with Crippen molar-refractivity contribution in [1.82, 2.24) is 0 Å². The maximum absolute atomic E-state index is 11.4. The van der Waals surface area contributed by atoms with E-state index in [2.05, 4.69) is 39.0 Å². The van der Waals surface area contributed by atoms with E-state index in [-0.39, 0.29) is 11.9 Å². The Labute approximate surface area is 109 Å². The predicted molar refractivity (Wildman–Crippen MR) is 72.6 cm³/mol. The lowest BCUT2D eigenvalue weighted by molar-refractivity contribution is -0.142. The number of esters is 1. The van der Waals surface area contributed by atoms with Gasteiger partial charge in [0.1, 0.15) is 0 Å². The molecule has 0 heterocycles. The Morgan fingerprint density at radius 3 is 2.83 bits per heavy atom. The van der Waals surface area contributed by atoms with Crippen LogP contribution in [0.15, 0.2) is 18.2 Å². The lowest BCUT2D eigenvalue weighted by atomic mass is 9.90. The van der Waals surface area contributed by atoms with Crippen LogP contribution in [0.4, 0.5) is 0 Å². The van der Waals surface area contributed by atoms with Crippen LogP contribution in [0.3, 0.4) is 0 Å². The molecule has 1 aromatic rings. The van der Waals surface area contributed by atoms with Crippen molar-refractivity contribution in [2.24, 2.45) is 11.8 Å². The third-order valence-electron chi connectivity index (χ3n) is 4.05. The van der Waals surface area contributed by atoms with E-state index in [9.17, 15) is 4.79 Å². The van der Waals surface area contributed by atoms with Gasteiger partial charge in [0.05, 0.1) is 13.0 Å². The molecule has 0 amide bonds. The largest absolute Gasteiger partial charge is 0.469 e. The van der Waals surface area contributed by atoms with Crippen molar-refractivity contribution in [3.8, 4) is 0 Å². The van der Waals surface area contributed by atoms with Crippen LogP contribution in [0.5, 0.6) is 0 Å². The number of hydrogen-bond acceptors (Lipinski definition) is 2. The summed E-state index contributed by atoms with van der Waals surface area (Å²) in [5, 5.41) is 0. The lowest BCUT2D eigenvalue weighted by Crippen LogP contribution is -2.06. The summed E-state index contributed by atoms with van der Waals surface area (Å²) in [5.41, 5.74) is 4.08. The molecule has 1 fully saturated rings. The van der Waals surface area contributed by atoms with Crippen LogP contribution in [0, 0.1) is 25.7 Å². The highest BCUT2D eigenvalue weighted by molar-refractivity contribution is 5.75.